The van der Waals surface area contributed by atoms with Crippen molar-refractivity contribution in [2.24, 2.45) is 0 Å². The van der Waals surface area contributed by atoms with Crippen molar-refractivity contribution in [2.75, 3.05) is 31.1 Å². The van der Waals surface area contributed by atoms with Crippen LogP contribution < -0.4 is 4.90 Å². The number of rotatable bonds is 3. The molecule has 1 atom stereocenters. The van der Waals surface area contributed by atoms with Gasteiger partial charge in [-0.3, -0.25) is 4.90 Å². The van der Waals surface area contributed by atoms with E-state index in [0.29, 0.717) is 6.04 Å². The van der Waals surface area contributed by atoms with E-state index in [1.807, 2.05) is 0 Å². The van der Waals surface area contributed by atoms with Crippen molar-refractivity contribution in [3.05, 3.63) is 23.4 Å². The zero-order valence-corrected chi connectivity index (χ0v) is 13.6. The Bertz CT molecular complexity index is 466. The lowest BCUT2D eigenvalue weighted by Gasteiger charge is -2.36. The molecule has 0 spiro atoms. The second-order valence-corrected chi connectivity index (χ2v) is 6.53. The van der Waals surface area contributed by atoms with E-state index in [1.165, 1.54) is 75.2 Å². The number of aromatic nitrogens is 1. The Labute approximate surface area is 129 Å². The van der Waals surface area contributed by atoms with Crippen molar-refractivity contribution in [3.63, 3.8) is 0 Å². The number of nitrogens with zero attached hydrogens (tertiary/aromatic N) is 3. The van der Waals surface area contributed by atoms with Gasteiger partial charge in [-0.15, -0.1) is 0 Å². The van der Waals surface area contributed by atoms with Crippen LogP contribution in [0.3, 0.4) is 0 Å². The molecule has 21 heavy (non-hydrogen) atoms. The standard InChI is InChI=1S/C18H29N3/c1-3-20-12-8-5-9-17(20)16-10-11-18(19-15(16)2)21-13-6-4-7-14-21/h10-11,17H,3-9,12-14H2,1-2H3/t17-/m0/s1. The molecule has 0 aromatic carbocycles. The van der Waals surface area contributed by atoms with E-state index in [9.17, 15) is 0 Å². The Balaban J connectivity index is 1.80. The van der Waals surface area contributed by atoms with Gasteiger partial charge in [0.15, 0.2) is 0 Å². The molecule has 0 radical (unpaired) electrons. The summed E-state index contributed by atoms with van der Waals surface area (Å²) in [6, 6.07) is 5.20. The van der Waals surface area contributed by atoms with Crippen LogP contribution in [0.1, 0.15) is 62.7 Å². The van der Waals surface area contributed by atoms with E-state index >= 15 is 0 Å². The van der Waals surface area contributed by atoms with Crippen molar-refractivity contribution < 1.29 is 0 Å². The van der Waals surface area contributed by atoms with Crippen LogP contribution in [0.15, 0.2) is 12.1 Å². The molecule has 0 saturated carbocycles. The molecule has 116 valence electrons. The van der Waals surface area contributed by atoms with Crippen molar-refractivity contribution in [1.29, 1.82) is 0 Å². The van der Waals surface area contributed by atoms with E-state index in [-0.39, 0.29) is 0 Å². The fourth-order valence-corrected chi connectivity index (χ4v) is 3.93. The third kappa shape index (κ3) is 3.23. The predicted molar refractivity (Wildman–Crippen MR) is 88.9 cm³/mol. The minimum absolute atomic E-state index is 0.589. The predicted octanol–water partition coefficient (Wildman–Crippen LogP) is 3.93. The average molecular weight is 287 g/mol. The number of anilines is 1. The number of piperidine rings is 2. The van der Waals surface area contributed by atoms with Crippen LogP contribution >= 0.6 is 0 Å². The van der Waals surface area contributed by atoms with E-state index in [4.69, 9.17) is 4.98 Å². The maximum atomic E-state index is 4.94. The normalized spacial score (nSPS) is 24.3. The Hall–Kier alpha value is -1.09. The van der Waals surface area contributed by atoms with Crippen molar-refractivity contribution >= 4 is 5.82 Å². The number of likely N-dealkylation sites (tertiary alicyclic amines) is 1. The molecule has 1 aromatic heterocycles. The van der Waals surface area contributed by atoms with Crippen molar-refractivity contribution in [2.45, 2.75) is 58.4 Å². The zero-order valence-electron chi connectivity index (χ0n) is 13.6. The quantitative estimate of drug-likeness (QED) is 0.840. The first-order valence-electron chi connectivity index (χ1n) is 8.76. The fourth-order valence-electron chi connectivity index (χ4n) is 3.93. The first-order valence-corrected chi connectivity index (χ1v) is 8.76. The third-order valence-electron chi connectivity index (χ3n) is 5.17. The molecule has 0 bridgehead atoms. The number of hydrogen-bond donors (Lipinski definition) is 0. The summed E-state index contributed by atoms with van der Waals surface area (Å²) >= 11 is 0. The summed E-state index contributed by atoms with van der Waals surface area (Å²) in [6.45, 7) is 9.23. The monoisotopic (exact) mass is 287 g/mol. The van der Waals surface area contributed by atoms with Crippen LogP contribution in [0.5, 0.6) is 0 Å². The highest BCUT2D eigenvalue weighted by Gasteiger charge is 2.24. The number of aryl methyl sites for hydroxylation is 1. The molecule has 1 aromatic rings. The SMILES string of the molecule is CCN1CCCC[C@H]1c1ccc(N2CCCCC2)nc1C. The molecule has 0 unspecified atom stereocenters. The Kier molecular flexibility index (Phi) is 4.79. The summed E-state index contributed by atoms with van der Waals surface area (Å²) in [5, 5.41) is 0. The summed E-state index contributed by atoms with van der Waals surface area (Å²) < 4.78 is 0. The topological polar surface area (TPSA) is 19.4 Å². The molecule has 3 heteroatoms. The number of pyridine rings is 1. The molecule has 0 amide bonds. The van der Waals surface area contributed by atoms with Crippen LogP contribution in [-0.4, -0.2) is 36.1 Å². The first kappa shape index (κ1) is 14.8. The molecule has 0 N–H and O–H groups in total. The van der Waals surface area contributed by atoms with Gasteiger partial charge in [-0.2, -0.15) is 0 Å². The zero-order chi connectivity index (χ0) is 14.7. The van der Waals surface area contributed by atoms with Gasteiger partial charge in [0.25, 0.3) is 0 Å². The fraction of sp³-hybridized carbons (Fsp3) is 0.722. The number of hydrogen-bond acceptors (Lipinski definition) is 3. The summed E-state index contributed by atoms with van der Waals surface area (Å²) in [5.74, 6) is 1.19. The molecular weight excluding hydrogens is 258 g/mol. The third-order valence-corrected chi connectivity index (χ3v) is 5.17. The van der Waals surface area contributed by atoms with Crippen molar-refractivity contribution in [3.8, 4) is 0 Å². The van der Waals surface area contributed by atoms with Crippen LogP contribution in [0.2, 0.25) is 0 Å². The summed E-state index contributed by atoms with van der Waals surface area (Å²) in [4.78, 5) is 10.0. The van der Waals surface area contributed by atoms with Gasteiger partial charge < -0.3 is 4.90 Å². The van der Waals surface area contributed by atoms with E-state index in [0.717, 1.165) is 6.54 Å². The summed E-state index contributed by atoms with van der Waals surface area (Å²) in [7, 11) is 0. The van der Waals surface area contributed by atoms with E-state index in [2.05, 4.69) is 35.8 Å². The van der Waals surface area contributed by atoms with Gasteiger partial charge in [-0.05, 0) is 63.7 Å². The van der Waals surface area contributed by atoms with Gasteiger partial charge in [-0.25, -0.2) is 4.98 Å². The average Bonchev–Trinajstić information content (AvgIpc) is 2.55. The van der Waals surface area contributed by atoms with Crippen LogP contribution in [0.4, 0.5) is 5.82 Å². The first-order chi connectivity index (χ1) is 10.3. The Morgan fingerprint density at radius 2 is 1.81 bits per heavy atom. The molecule has 3 rings (SSSR count). The van der Waals surface area contributed by atoms with Crippen LogP contribution in [0, 0.1) is 6.92 Å². The molecule has 3 nitrogen and oxygen atoms in total. The molecule has 2 aliphatic heterocycles. The Morgan fingerprint density at radius 3 is 2.52 bits per heavy atom. The highest BCUT2D eigenvalue weighted by molar-refractivity contribution is 5.42. The molecule has 3 heterocycles. The lowest BCUT2D eigenvalue weighted by atomic mass is 9.94. The highest BCUT2D eigenvalue weighted by atomic mass is 15.2. The lowest BCUT2D eigenvalue weighted by molar-refractivity contribution is 0.156. The largest absolute Gasteiger partial charge is 0.357 e. The minimum atomic E-state index is 0.589. The molecule has 0 aliphatic carbocycles. The van der Waals surface area contributed by atoms with Gasteiger partial charge in [-0.1, -0.05) is 19.4 Å². The van der Waals surface area contributed by atoms with Gasteiger partial charge in [0.1, 0.15) is 5.82 Å². The van der Waals surface area contributed by atoms with Gasteiger partial charge in [0, 0.05) is 24.8 Å². The van der Waals surface area contributed by atoms with Crippen LogP contribution in [0.25, 0.3) is 0 Å². The van der Waals surface area contributed by atoms with Crippen LogP contribution in [-0.2, 0) is 0 Å². The van der Waals surface area contributed by atoms with Gasteiger partial charge >= 0.3 is 0 Å². The summed E-state index contributed by atoms with van der Waals surface area (Å²) in [5.41, 5.74) is 2.70. The van der Waals surface area contributed by atoms with E-state index < -0.39 is 0 Å². The highest BCUT2D eigenvalue weighted by Crippen LogP contribution is 2.33. The second-order valence-electron chi connectivity index (χ2n) is 6.53. The molecule has 2 aliphatic rings. The maximum absolute atomic E-state index is 4.94. The molecule has 2 saturated heterocycles. The van der Waals surface area contributed by atoms with E-state index in [1.54, 1.807) is 0 Å². The summed E-state index contributed by atoms with van der Waals surface area (Å²) in [6.07, 6.45) is 8.00. The van der Waals surface area contributed by atoms with Gasteiger partial charge in [0.05, 0.1) is 0 Å². The second kappa shape index (κ2) is 6.78. The maximum Gasteiger partial charge on any atom is 0.128 e. The molecular formula is C18H29N3. The van der Waals surface area contributed by atoms with Crippen molar-refractivity contribution in [1.82, 2.24) is 9.88 Å². The van der Waals surface area contributed by atoms with Gasteiger partial charge in [0.2, 0.25) is 0 Å². The minimum Gasteiger partial charge on any atom is -0.357 e. The molecule has 2 fully saturated rings. The lowest BCUT2D eigenvalue weighted by Crippen LogP contribution is -2.34. The smallest absolute Gasteiger partial charge is 0.128 e. The Morgan fingerprint density at radius 1 is 1.05 bits per heavy atom.